The highest BCUT2D eigenvalue weighted by atomic mass is 16.2. The van der Waals surface area contributed by atoms with E-state index in [-0.39, 0.29) is 5.91 Å². The molecular weight excluding hydrogens is 452 g/mol. The number of carbonyl (C=O) groups excluding carboxylic acids is 1. The highest BCUT2D eigenvalue weighted by Crippen LogP contribution is 2.20. The summed E-state index contributed by atoms with van der Waals surface area (Å²) < 4.78 is 1.80. The summed E-state index contributed by atoms with van der Waals surface area (Å²) >= 11 is 0. The van der Waals surface area contributed by atoms with Gasteiger partial charge in [-0.25, -0.2) is 9.97 Å². The minimum Gasteiger partial charge on any atom is -0.363 e. The first-order valence-electron chi connectivity index (χ1n) is 12.6. The number of carbonyl (C=O) groups is 1. The molecule has 36 heavy (non-hydrogen) atoms. The lowest BCUT2D eigenvalue weighted by molar-refractivity contribution is -0.117. The third-order valence-electron chi connectivity index (χ3n) is 6.82. The molecule has 1 amide bonds. The molecule has 1 saturated heterocycles. The van der Waals surface area contributed by atoms with Gasteiger partial charge in [0.25, 0.3) is 0 Å². The van der Waals surface area contributed by atoms with Crippen LogP contribution in [0.1, 0.15) is 22.6 Å². The zero-order chi connectivity index (χ0) is 25.7. The van der Waals surface area contributed by atoms with Crippen molar-refractivity contribution in [2.45, 2.75) is 26.8 Å². The maximum absolute atomic E-state index is 13.0. The molecule has 0 bridgehead atoms. The standard InChI is InChI=1S/C27H38N8O/c1-20-27(21(2)33(5)31-20)30-26(36)18-35-12-11-34(15-22-9-7-6-8-10-22)16-23(17-35)13-24-14-25(32(3)4)29-19-28-24/h6-10,14,19,23H,11-13,15-18H2,1-5H3,(H,30,36)/t23-/m1/s1. The molecule has 1 aliphatic heterocycles. The zero-order valence-corrected chi connectivity index (χ0v) is 22.1. The predicted molar refractivity (Wildman–Crippen MR) is 143 cm³/mol. The number of benzene rings is 1. The van der Waals surface area contributed by atoms with Crippen molar-refractivity contribution in [3.8, 4) is 0 Å². The second kappa shape index (κ2) is 11.6. The Hall–Kier alpha value is -3.30. The van der Waals surface area contributed by atoms with Crippen molar-refractivity contribution in [2.24, 2.45) is 13.0 Å². The van der Waals surface area contributed by atoms with Gasteiger partial charge < -0.3 is 10.2 Å². The van der Waals surface area contributed by atoms with Crippen LogP contribution in [0.15, 0.2) is 42.7 Å². The van der Waals surface area contributed by atoms with Gasteiger partial charge in [-0.3, -0.25) is 19.3 Å². The van der Waals surface area contributed by atoms with Crippen LogP contribution in [0.3, 0.4) is 0 Å². The number of nitrogens with one attached hydrogen (secondary N) is 1. The minimum absolute atomic E-state index is 0.00129. The van der Waals surface area contributed by atoms with E-state index >= 15 is 0 Å². The van der Waals surface area contributed by atoms with Crippen molar-refractivity contribution in [3.05, 3.63) is 65.4 Å². The lowest BCUT2D eigenvalue weighted by Gasteiger charge is -2.24. The molecule has 3 heterocycles. The smallest absolute Gasteiger partial charge is 0.238 e. The third-order valence-corrected chi connectivity index (χ3v) is 6.82. The number of nitrogens with zero attached hydrogens (tertiary/aromatic N) is 7. The molecule has 4 rings (SSSR count). The minimum atomic E-state index is 0.00129. The first-order chi connectivity index (χ1) is 17.3. The summed E-state index contributed by atoms with van der Waals surface area (Å²) in [6.45, 7) is 8.71. The quantitative estimate of drug-likeness (QED) is 0.520. The van der Waals surface area contributed by atoms with Crippen molar-refractivity contribution >= 4 is 17.4 Å². The Morgan fingerprint density at radius 3 is 2.50 bits per heavy atom. The molecule has 192 valence electrons. The van der Waals surface area contributed by atoms with Gasteiger partial charge in [0, 0.05) is 65.6 Å². The van der Waals surface area contributed by atoms with Gasteiger partial charge in [-0.15, -0.1) is 0 Å². The fraction of sp³-hybridized carbons (Fsp3) is 0.481. The Kier molecular flexibility index (Phi) is 8.32. The fourth-order valence-corrected chi connectivity index (χ4v) is 4.89. The normalized spacial score (nSPS) is 17.1. The molecule has 0 saturated carbocycles. The number of rotatable bonds is 8. The molecule has 9 nitrogen and oxygen atoms in total. The number of hydrogen-bond donors (Lipinski definition) is 1. The second-order valence-electron chi connectivity index (χ2n) is 10.0. The average molecular weight is 491 g/mol. The van der Waals surface area contributed by atoms with Crippen LogP contribution in [0.5, 0.6) is 0 Å². The van der Waals surface area contributed by atoms with Gasteiger partial charge in [0.1, 0.15) is 12.1 Å². The first-order valence-corrected chi connectivity index (χ1v) is 12.6. The summed E-state index contributed by atoms with van der Waals surface area (Å²) in [6.07, 6.45) is 2.49. The van der Waals surface area contributed by atoms with Crippen molar-refractivity contribution in [1.82, 2.24) is 29.5 Å². The lowest BCUT2D eigenvalue weighted by atomic mass is 10.0. The molecule has 9 heteroatoms. The number of aromatic nitrogens is 4. The van der Waals surface area contributed by atoms with Gasteiger partial charge in [0.05, 0.1) is 23.6 Å². The van der Waals surface area contributed by atoms with Crippen LogP contribution in [0.25, 0.3) is 0 Å². The van der Waals surface area contributed by atoms with Crippen molar-refractivity contribution in [3.63, 3.8) is 0 Å². The van der Waals surface area contributed by atoms with Gasteiger partial charge in [0.15, 0.2) is 0 Å². The molecule has 3 aromatic rings. The number of aryl methyl sites for hydroxylation is 2. The molecule has 0 spiro atoms. The molecule has 1 fully saturated rings. The second-order valence-corrected chi connectivity index (χ2v) is 10.0. The Labute approximate surface area is 214 Å². The molecule has 1 N–H and O–H groups in total. The fourth-order valence-electron chi connectivity index (χ4n) is 4.89. The molecule has 2 aromatic heterocycles. The lowest BCUT2D eigenvalue weighted by Crippen LogP contribution is -2.37. The molecule has 0 radical (unpaired) electrons. The van der Waals surface area contributed by atoms with E-state index in [2.05, 4.69) is 66.6 Å². The molecular formula is C27H38N8O. The van der Waals surface area contributed by atoms with E-state index in [0.717, 1.165) is 67.7 Å². The van der Waals surface area contributed by atoms with Crippen LogP contribution in [-0.2, 0) is 24.8 Å². The van der Waals surface area contributed by atoms with Crippen LogP contribution in [0, 0.1) is 19.8 Å². The summed E-state index contributed by atoms with van der Waals surface area (Å²) in [7, 11) is 5.88. The molecule has 1 atom stereocenters. The predicted octanol–water partition coefficient (Wildman–Crippen LogP) is 2.51. The average Bonchev–Trinajstić information content (AvgIpc) is 2.98. The van der Waals surface area contributed by atoms with Crippen LogP contribution in [-0.4, -0.2) is 82.3 Å². The Bertz CT molecular complexity index is 1160. The van der Waals surface area contributed by atoms with E-state index in [1.807, 2.05) is 39.9 Å². The monoisotopic (exact) mass is 490 g/mol. The summed E-state index contributed by atoms with van der Waals surface area (Å²) in [5.74, 6) is 1.25. The van der Waals surface area contributed by atoms with Crippen LogP contribution in [0.4, 0.5) is 11.5 Å². The highest BCUT2D eigenvalue weighted by molar-refractivity contribution is 5.93. The summed E-state index contributed by atoms with van der Waals surface area (Å²) in [4.78, 5) is 28.7. The van der Waals surface area contributed by atoms with Crippen molar-refractivity contribution < 1.29 is 4.79 Å². The van der Waals surface area contributed by atoms with Gasteiger partial charge >= 0.3 is 0 Å². The van der Waals surface area contributed by atoms with Gasteiger partial charge in [0.2, 0.25) is 5.91 Å². The SMILES string of the molecule is Cc1nn(C)c(C)c1NC(=O)CN1CCN(Cc2ccccc2)C[C@@H](Cc2cc(N(C)C)ncn2)C1. The molecule has 1 aliphatic rings. The van der Waals surface area contributed by atoms with Crippen LogP contribution in [0.2, 0.25) is 0 Å². The van der Waals surface area contributed by atoms with Gasteiger partial charge in [-0.1, -0.05) is 30.3 Å². The number of hydrogen-bond acceptors (Lipinski definition) is 7. The molecule has 0 unspecified atom stereocenters. The summed E-state index contributed by atoms with van der Waals surface area (Å²) in [5, 5.41) is 7.52. The maximum Gasteiger partial charge on any atom is 0.238 e. The van der Waals surface area contributed by atoms with E-state index in [1.165, 1.54) is 5.56 Å². The van der Waals surface area contributed by atoms with Gasteiger partial charge in [-0.05, 0) is 31.7 Å². The Balaban J connectivity index is 1.47. The number of anilines is 2. The maximum atomic E-state index is 13.0. The number of amides is 1. The zero-order valence-electron chi connectivity index (χ0n) is 22.1. The largest absolute Gasteiger partial charge is 0.363 e. The van der Waals surface area contributed by atoms with Crippen molar-refractivity contribution in [1.29, 1.82) is 0 Å². The highest BCUT2D eigenvalue weighted by Gasteiger charge is 2.25. The third kappa shape index (κ3) is 6.67. The molecule has 0 aliphatic carbocycles. The van der Waals surface area contributed by atoms with E-state index in [1.54, 1.807) is 11.0 Å². The Morgan fingerprint density at radius 2 is 1.81 bits per heavy atom. The van der Waals surface area contributed by atoms with Crippen molar-refractivity contribution in [2.75, 3.05) is 57.0 Å². The van der Waals surface area contributed by atoms with Crippen LogP contribution < -0.4 is 10.2 Å². The van der Waals surface area contributed by atoms with E-state index in [4.69, 9.17) is 0 Å². The van der Waals surface area contributed by atoms with Gasteiger partial charge in [-0.2, -0.15) is 5.10 Å². The summed E-state index contributed by atoms with van der Waals surface area (Å²) in [6, 6.07) is 12.7. The first kappa shape index (κ1) is 25.8. The van der Waals surface area contributed by atoms with Crippen LogP contribution >= 0.6 is 0 Å². The van der Waals surface area contributed by atoms with E-state index < -0.39 is 0 Å². The van der Waals surface area contributed by atoms with E-state index in [0.29, 0.717) is 12.5 Å². The molecule has 1 aromatic carbocycles. The summed E-state index contributed by atoms with van der Waals surface area (Å²) in [5.41, 5.74) is 4.96. The Morgan fingerprint density at radius 1 is 1.08 bits per heavy atom. The topological polar surface area (TPSA) is 82.4 Å². The van der Waals surface area contributed by atoms with E-state index in [9.17, 15) is 4.79 Å².